The van der Waals surface area contributed by atoms with Gasteiger partial charge in [0.15, 0.2) is 5.03 Å². The first-order valence-electron chi connectivity index (χ1n) is 8.67. The van der Waals surface area contributed by atoms with Crippen molar-refractivity contribution in [2.75, 3.05) is 0 Å². The van der Waals surface area contributed by atoms with E-state index in [1.807, 2.05) is 6.08 Å². The van der Waals surface area contributed by atoms with Gasteiger partial charge in [0.25, 0.3) is 10.0 Å². The highest BCUT2D eigenvalue weighted by molar-refractivity contribution is 7.89. The molecular weight excluding hydrogens is 389 g/mol. The van der Waals surface area contributed by atoms with Crippen molar-refractivity contribution in [1.82, 2.24) is 4.98 Å². The second-order valence-corrected chi connectivity index (χ2v) is 8.69. The fourth-order valence-electron chi connectivity index (χ4n) is 3.90. The largest absolute Gasteiger partial charge is 0.416 e. The number of alkyl halides is 3. The van der Waals surface area contributed by atoms with Crippen molar-refractivity contribution in [1.29, 1.82) is 0 Å². The maximum atomic E-state index is 12.7. The SMILES string of the molecule is NS(=O)(=O)c1ccc(C2CCC23C=CC(c2ccc(C(F)(F)F)cc2)=C3)cn1. The number of aromatic nitrogens is 1. The van der Waals surface area contributed by atoms with Crippen LogP contribution >= 0.6 is 0 Å². The van der Waals surface area contributed by atoms with E-state index in [0.29, 0.717) is 0 Å². The van der Waals surface area contributed by atoms with Gasteiger partial charge in [-0.05, 0) is 53.7 Å². The molecular formula is C20H17F3N2O2S. The van der Waals surface area contributed by atoms with Gasteiger partial charge in [-0.3, -0.25) is 0 Å². The summed E-state index contributed by atoms with van der Waals surface area (Å²) in [5.41, 5.74) is 1.63. The molecule has 1 saturated carbocycles. The minimum absolute atomic E-state index is 0.137. The smallest absolute Gasteiger partial charge is 0.243 e. The number of halogens is 3. The molecule has 0 radical (unpaired) electrons. The molecule has 4 nitrogen and oxygen atoms in total. The third-order valence-corrected chi connectivity index (χ3v) is 6.34. The van der Waals surface area contributed by atoms with Crippen LogP contribution in [-0.2, 0) is 16.2 Å². The molecule has 0 saturated heterocycles. The highest BCUT2D eigenvalue weighted by Crippen LogP contribution is 2.58. The Balaban J connectivity index is 1.58. The van der Waals surface area contributed by atoms with E-state index in [-0.39, 0.29) is 16.4 Å². The van der Waals surface area contributed by atoms with Gasteiger partial charge in [0, 0.05) is 11.6 Å². The van der Waals surface area contributed by atoms with Gasteiger partial charge in [-0.1, -0.05) is 36.4 Å². The van der Waals surface area contributed by atoms with Crippen molar-refractivity contribution in [3.8, 4) is 0 Å². The van der Waals surface area contributed by atoms with Crippen LogP contribution in [0, 0.1) is 5.41 Å². The lowest BCUT2D eigenvalue weighted by Crippen LogP contribution is -2.34. The Hall–Kier alpha value is -2.45. The number of allylic oxidation sites excluding steroid dienone is 4. The van der Waals surface area contributed by atoms with Crippen molar-refractivity contribution in [3.05, 3.63) is 77.5 Å². The summed E-state index contributed by atoms with van der Waals surface area (Å²) >= 11 is 0. The number of sulfonamides is 1. The minimum Gasteiger partial charge on any atom is -0.243 e. The van der Waals surface area contributed by atoms with Crippen LogP contribution in [0.15, 0.2) is 65.8 Å². The van der Waals surface area contributed by atoms with Gasteiger partial charge >= 0.3 is 6.18 Å². The molecule has 0 amide bonds. The number of nitrogens with zero attached hydrogens (tertiary/aromatic N) is 1. The van der Waals surface area contributed by atoms with Gasteiger partial charge < -0.3 is 0 Å². The minimum atomic E-state index is -4.35. The molecule has 146 valence electrons. The first-order chi connectivity index (χ1) is 13.1. The van der Waals surface area contributed by atoms with Crippen molar-refractivity contribution in [3.63, 3.8) is 0 Å². The van der Waals surface area contributed by atoms with Gasteiger partial charge in [0.05, 0.1) is 5.56 Å². The van der Waals surface area contributed by atoms with E-state index in [1.165, 1.54) is 24.4 Å². The molecule has 2 atom stereocenters. The Morgan fingerprint density at radius 3 is 2.32 bits per heavy atom. The number of pyridine rings is 1. The summed E-state index contributed by atoms with van der Waals surface area (Å²) in [6.45, 7) is 0. The van der Waals surface area contributed by atoms with E-state index in [1.54, 1.807) is 6.07 Å². The maximum absolute atomic E-state index is 12.7. The molecule has 2 aliphatic rings. The summed E-state index contributed by atoms with van der Waals surface area (Å²) in [5, 5.41) is 4.91. The molecule has 0 bridgehead atoms. The van der Waals surface area contributed by atoms with Crippen LogP contribution in [0.3, 0.4) is 0 Å². The van der Waals surface area contributed by atoms with Crippen molar-refractivity contribution >= 4 is 15.6 Å². The van der Waals surface area contributed by atoms with Crippen LogP contribution in [-0.4, -0.2) is 13.4 Å². The second kappa shape index (κ2) is 6.28. The third-order valence-electron chi connectivity index (χ3n) is 5.51. The predicted molar refractivity (Wildman–Crippen MR) is 98.6 cm³/mol. The molecule has 2 aromatic rings. The van der Waals surface area contributed by atoms with E-state index in [2.05, 4.69) is 17.1 Å². The zero-order chi connectivity index (χ0) is 20.2. The van der Waals surface area contributed by atoms with E-state index >= 15 is 0 Å². The highest BCUT2D eigenvalue weighted by Gasteiger charge is 2.46. The second-order valence-electron chi connectivity index (χ2n) is 7.19. The molecule has 2 unspecified atom stereocenters. The maximum Gasteiger partial charge on any atom is 0.416 e. The summed E-state index contributed by atoms with van der Waals surface area (Å²) in [6.07, 6.45) is 5.09. The topological polar surface area (TPSA) is 73.1 Å². The number of hydrogen-bond acceptors (Lipinski definition) is 3. The van der Waals surface area contributed by atoms with E-state index in [0.717, 1.165) is 41.7 Å². The summed E-state index contributed by atoms with van der Waals surface area (Å²) in [6, 6.07) is 8.25. The fraction of sp³-hybridized carbons (Fsp3) is 0.250. The summed E-state index contributed by atoms with van der Waals surface area (Å²) in [7, 11) is -3.84. The van der Waals surface area contributed by atoms with Gasteiger partial charge in [0.1, 0.15) is 0 Å². The lowest BCUT2D eigenvalue weighted by atomic mass is 9.58. The molecule has 0 aliphatic heterocycles. The fourth-order valence-corrected chi connectivity index (χ4v) is 4.36. The zero-order valence-corrected chi connectivity index (χ0v) is 15.5. The Kier molecular flexibility index (Phi) is 4.24. The third kappa shape index (κ3) is 3.27. The average molecular weight is 406 g/mol. The summed E-state index contributed by atoms with van der Waals surface area (Å²) in [5.74, 6) is 0.137. The Morgan fingerprint density at radius 1 is 1.11 bits per heavy atom. The number of primary sulfonamides is 1. The quantitative estimate of drug-likeness (QED) is 0.828. The Bertz CT molecular complexity index is 1070. The molecule has 1 aromatic carbocycles. The highest BCUT2D eigenvalue weighted by atomic mass is 32.2. The Morgan fingerprint density at radius 2 is 1.82 bits per heavy atom. The Labute approximate surface area is 160 Å². The summed E-state index contributed by atoms with van der Waals surface area (Å²) in [4.78, 5) is 3.95. The zero-order valence-electron chi connectivity index (χ0n) is 14.6. The van der Waals surface area contributed by atoms with Crippen LogP contribution in [0.25, 0.3) is 5.57 Å². The molecule has 1 fully saturated rings. The van der Waals surface area contributed by atoms with Crippen LogP contribution < -0.4 is 5.14 Å². The van der Waals surface area contributed by atoms with Gasteiger partial charge in [0.2, 0.25) is 0 Å². The first kappa shape index (κ1) is 18.9. The number of hydrogen-bond donors (Lipinski definition) is 1. The van der Waals surface area contributed by atoms with Crippen molar-refractivity contribution in [2.45, 2.75) is 30.0 Å². The van der Waals surface area contributed by atoms with Gasteiger partial charge in [-0.25, -0.2) is 18.5 Å². The molecule has 1 spiro atoms. The van der Waals surface area contributed by atoms with Gasteiger partial charge in [-0.2, -0.15) is 13.2 Å². The number of nitrogens with two attached hydrogens (primary N) is 1. The molecule has 8 heteroatoms. The lowest BCUT2D eigenvalue weighted by molar-refractivity contribution is -0.137. The van der Waals surface area contributed by atoms with E-state index < -0.39 is 21.8 Å². The van der Waals surface area contributed by atoms with E-state index in [9.17, 15) is 21.6 Å². The molecule has 2 N–H and O–H groups in total. The van der Waals surface area contributed by atoms with Crippen LogP contribution in [0.1, 0.15) is 35.4 Å². The van der Waals surface area contributed by atoms with Crippen molar-refractivity contribution in [2.24, 2.45) is 10.6 Å². The number of benzene rings is 1. The van der Waals surface area contributed by atoms with Crippen molar-refractivity contribution < 1.29 is 21.6 Å². The van der Waals surface area contributed by atoms with Gasteiger partial charge in [-0.15, -0.1) is 0 Å². The molecule has 2 aliphatic carbocycles. The molecule has 28 heavy (non-hydrogen) atoms. The lowest BCUT2D eigenvalue weighted by Gasteiger charge is -2.45. The standard InChI is InChI=1S/C20H17F3N2O2S/c21-20(22,23)16-4-1-13(2-5-16)14-7-9-19(11-14)10-8-17(19)15-3-6-18(25-12-15)28(24,26)27/h1-7,9,11-12,17H,8,10H2,(H2,24,26,27). The van der Waals surface area contributed by atoms with Crippen LogP contribution in [0.4, 0.5) is 13.2 Å². The average Bonchev–Trinajstić information content (AvgIpc) is 3.08. The normalized spacial score (nSPS) is 24.3. The predicted octanol–water partition coefficient (Wildman–Crippen LogP) is 4.27. The monoisotopic (exact) mass is 406 g/mol. The summed E-state index contributed by atoms with van der Waals surface area (Å²) < 4.78 is 60.9. The van der Waals surface area contributed by atoms with Crippen LogP contribution in [0.5, 0.6) is 0 Å². The first-order valence-corrected chi connectivity index (χ1v) is 10.2. The molecule has 4 rings (SSSR count). The van der Waals surface area contributed by atoms with Crippen LogP contribution in [0.2, 0.25) is 0 Å². The molecule has 1 aromatic heterocycles. The molecule has 1 heterocycles. The number of rotatable bonds is 3. The van der Waals surface area contributed by atoms with E-state index in [4.69, 9.17) is 5.14 Å².